The Balaban J connectivity index is 0.000000300. The van der Waals surface area contributed by atoms with Crippen molar-refractivity contribution in [1.82, 2.24) is 14.5 Å². The first-order chi connectivity index (χ1) is 13.3. The predicted molar refractivity (Wildman–Crippen MR) is 103 cm³/mol. The molecule has 0 amide bonds. The number of imidazole rings is 1. The average molecular weight is 383 g/mol. The Labute approximate surface area is 161 Å². The maximum atomic E-state index is 12.2. The molecule has 3 rings (SSSR count). The summed E-state index contributed by atoms with van der Waals surface area (Å²) in [4.78, 5) is 38.5. The number of rotatable bonds is 6. The summed E-state index contributed by atoms with van der Waals surface area (Å²) in [6, 6.07) is 10.3. The molecular weight excluding hydrogens is 362 g/mol. The number of hydrogen-bond acceptors (Lipinski definition) is 4. The van der Waals surface area contributed by atoms with E-state index >= 15 is 0 Å². The van der Waals surface area contributed by atoms with E-state index in [-0.39, 0.29) is 5.78 Å². The van der Waals surface area contributed by atoms with E-state index < -0.39 is 11.9 Å². The zero-order valence-electron chi connectivity index (χ0n) is 15.5. The summed E-state index contributed by atoms with van der Waals surface area (Å²) in [5.41, 5.74) is 4.01. The van der Waals surface area contributed by atoms with Crippen molar-refractivity contribution in [1.29, 1.82) is 0 Å². The van der Waals surface area contributed by atoms with Gasteiger partial charge in [-0.1, -0.05) is 18.2 Å². The number of hydrogen-bond donors (Lipinski definition) is 3. The number of benzene rings is 1. The second kappa shape index (κ2) is 9.31. The van der Waals surface area contributed by atoms with Crippen molar-refractivity contribution < 1.29 is 24.6 Å². The van der Waals surface area contributed by atoms with Crippen molar-refractivity contribution in [3.63, 3.8) is 0 Å². The Hall–Kier alpha value is -3.68. The summed E-state index contributed by atoms with van der Waals surface area (Å²) < 4.78 is 2.09. The lowest BCUT2D eigenvalue weighted by Gasteiger charge is -2.03. The molecule has 3 N–H and O–H groups in total. The number of ketones is 1. The molecule has 0 bridgehead atoms. The zero-order valence-corrected chi connectivity index (χ0v) is 15.5. The quantitative estimate of drug-likeness (QED) is 0.561. The van der Waals surface area contributed by atoms with Gasteiger partial charge in [0.2, 0.25) is 0 Å². The Bertz CT molecular complexity index is 1010. The molecule has 1 aromatic carbocycles. The smallest absolute Gasteiger partial charge is 0.328 e. The molecule has 0 spiro atoms. The molecule has 0 unspecified atom stereocenters. The van der Waals surface area contributed by atoms with E-state index in [0.717, 1.165) is 22.6 Å². The van der Waals surface area contributed by atoms with Crippen LogP contribution in [0.25, 0.3) is 10.9 Å². The molecule has 0 fully saturated rings. The minimum Gasteiger partial charge on any atom is -0.478 e. The summed E-state index contributed by atoms with van der Waals surface area (Å²) in [5.74, 6) is -2.33. The minimum atomic E-state index is -1.26. The third-order valence-corrected chi connectivity index (χ3v) is 4.10. The third-order valence-electron chi connectivity index (χ3n) is 4.10. The molecule has 0 radical (unpaired) electrons. The number of carboxylic acid groups (broad SMARTS) is 2. The highest BCUT2D eigenvalue weighted by Gasteiger charge is 2.12. The number of nitrogens with one attached hydrogen (secondary N) is 1. The van der Waals surface area contributed by atoms with Crippen LogP contribution >= 0.6 is 0 Å². The van der Waals surface area contributed by atoms with Crippen molar-refractivity contribution in [3.8, 4) is 0 Å². The molecule has 0 saturated carbocycles. The summed E-state index contributed by atoms with van der Waals surface area (Å²) in [7, 11) is 2.00. The Kier molecular flexibility index (Phi) is 6.86. The van der Waals surface area contributed by atoms with Gasteiger partial charge in [0.1, 0.15) is 5.78 Å². The molecule has 0 atom stereocenters. The maximum absolute atomic E-state index is 12.2. The van der Waals surface area contributed by atoms with Gasteiger partial charge >= 0.3 is 11.9 Å². The van der Waals surface area contributed by atoms with Crippen molar-refractivity contribution in [2.75, 3.05) is 0 Å². The minimum absolute atomic E-state index is 0.186. The third kappa shape index (κ3) is 5.66. The maximum Gasteiger partial charge on any atom is 0.328 e. The highest BCUT2D eigenvalue weighted by atomic mass is 16.4. The highest BCUT2D eigenvalue weighted by molar-refractivity contribution is 5.89. The van der Waals surface area contributed by atoms with E-state index in [0.29, 0.717) is 25.0 Å². The van der Waals surface area contributed by atoms with Crippen molar-refractivity contribution in [3.05, 3.63) is 65.9 Å². The number of aromatic nitrogens is 3. The van der Waals surface area contributed by atoms with Crippen LogP contribution in [0.5, 0.6) is 0 Å². The van der Waals surface area contributed by atoms with Crippen molar-refractivity contribution in [2.45, 2.75) is 19.8 Å². The van der Waals surface area contributed by atoms with Crippen LogP contribution in [-0.2, 0) is 34.3 Å². The topological polar surface area (TPSA) is 125 Å². The highest BCUT2D eigenvalue weighted by Crippen LogP contribution is 2.19. The van der Waals surface area contributed by atoms with Gasteiger partial charge in [-0.25, -0.2) is 14.6 Å². The molecule has 2 aromatic heterocycles. The first kappa shape index (κ1) is 20.6. The van der Waals surface area contributed by atoms with Gasteiger partial charge in [-0.05, 0) is 24.4 Å². The zero-order chi connectivity index (χ0) is 20.7. The number of carbonyl (C=O) groups excluding carboxylic acids is 1. The second-order valence-electron chi connectivity index (χ2n) is 6.13. The molecule has 146 valence electrons. The number of aromatic amines is 1. The van der Waals surface area contributed by atoms with Crippen molar-refractivity contribution >= 4 is 28.6 Å². The molecule has 0 aliphatic rings. The number of fused-ring (bicyclic) bond motifs is 1. The van der Waals surface area contributed by atoms with Crippen LogP contribution in [0.1, 0.15) is 17.1 Å². The van der Waals surface area contributed by atoms with E-state index in [2.05, 4.69) is 32.7 Å². The van der Waals surface area contributed by atoms with Crippen LogP contribution in [0.3, 0.4) is 0 Å². The lowest BCUT2D eigenvalue weighted by atomic mass is 10.1. The summed E-state index contributed by atoms with van der Waals surface area (Å²) in [6.07, 6.45) is 3.58. The lowest BCUT2D eigenvalue weighted by Crippen LogP contribution is -2.10. The van der Waals surface area contributed by atoms with E-state index in [9.17, 15) is 14.4 Å². The van der Waals surface area contributed by atoms with E-state index in [1.54, 1.807) is 6.33 Å². The molecule has 28 heavy (non-hydrogen) atoms. The molecule has 8 nitrogen and oxygen atoms in total. The molecular formula is C20H21N3O5. The number of aliphatic carboxylic acids is 2. The van der Waals surface area contributed by atoms with Gasteiger partial charge < -0.3 is 19.8 Å². The lowest BCUT2D eigenvalue weighted by molar-refractivity contribution is -0.134. The first-order valence-electron chi connectivity index (χ1n) is 8.45. The van der Waals surface area contributed by atoms with E-state index in [1.165, 1.54) is 5.39 Å². The first-order valence-corrected chi connectivity index (χ1v) is 8.45. The molecule has 8 heteroatoms. The fourth-order valence-corrected chi connectivity index (χ4v) is 2.67. The van der Waals surface area contributed by atoms with Crippen LogP contribution < -0.4 is 0 Å². The number of H-pyrrole nitrogens is 1. The molecule has 2 heterocycles. The van der Waals surface area contributed by atoms with Gasteiger partial charge in [-0.3, -0.25) is 4.79 Å². The number of carbonyl (C=O) groups is 3. The van der Waals surface area contributed by atoms with Gasteiger partial charge in [0.15, 0.2) is 0 Å². The van der Waals surface area contributed by atoms with Gasteiger partial charge in [-0.15, -0.1) is 0 Å². The van der Waals surface area contributed by atoms with Crippen LogP contribution in [0.4, 0.5) is 0 Å². The Morgan fingerprint density at radius 1 is 1.11 bits per heavy atom. The normalized spacial score (nSPS) is 10.6. The fraction of sp³-hybridized carbons (Fsp3) is 0.200. The molecule has 0 aliphatic heterocycles. The van der Waals surface area contributed by atoms with Crippen LogP contribution in [0, 0.1) is 6.92 Å². The molecule has 0 aliphatic carbocycles. The summed E-state index contributed by atoms with van der Waals surface area (Å²) >= 11 is 0. The monoisotopic (exact) mass is 383 g/mol. The number of aryl methyl sites for hydroxylation is 2. The van der Waals surface area contributed by atoms with Crippen molar-refractivity contribution in [2.24, 2.45) is 7.05 Å². The molecule has 3 aromatic rings. The number of Topliss-reactive ketones (excluding diaryl/α,β-unsaturated/α-hetero) is 1. The van der Waals surface area contributed by atoms with Crippen LogP contribution in [0.2, 0.25) is 0 Å². The van der Waals surface area contributed by atoms with Gasteiger partial charge in [0, 0.05) is 42.5 Å². The van der Waals surface area contributed by atoms with E-state index in [1.807, 2.05) is 26.1 Å². The van der Waals surface area contributed by atoms with Gasteiger partial charge in [0.25, 0.3) is 0 Å². The largest absolute Gasteiger partial charge is 0.478 e. The number of para-hydroxylation sites is 1. The molecule has 0 saturated heterocycles. The summed E-state index contributed by atoms with van der Waals surface area (Å²) in [6.45, 7) is 1.94. The predicted octanol–water partition coefficient (Wildman–Crippen LogP) is 2.28. The summed E-state index contributed by atoms with van der Waals surface area (Å²) in [5, 5.41) is 16.8. The van der Waals surface area contributed by atoms with Gasteiger partial charge in [0.05, 0.1) is 18.4 Å². The average Bonchev–Trinajstić information content (AvgIpc) is 3.18. The Morgan fingerprint density at radius 2 is 1.75 bits per heavy atom. The van der Waals surface area contributed by atoms with Crippen LogP contribution in [-0.4, -0.2) is 42.5 Å². The fourth-order valence-electron chi connectivity index (χ4n) is 2.67. The second-order valence-corrected chi connectivity index (χ2v) is 6.13. The number of carboxylic acids is 2. The standard InChI is InChI=1S/C16H17N3O.C4H4O4/c1-11-15(18-10-17-11)9-14(20)8-13-7-12-5-3-4-6-16(12)19(13)2;5-3(6)1-2-4(7)8/h3-7,10H,8-9H2,1-2H3,(H,17,18);1-2H,(H,5,6)(H,7,8). The van der Waals surface area contributed by atoms with Gasteiger partial charge in [-0.2, -0.15) is 0 Å². The Morgan fingerprint density at radius 3 is 2.29 bits per heavy atom. The SMILES string of the molecule is Cc1[nH]cnc1CC(=O)Cc1cc2ccccc2n1C.O=C(O)C=CC(=O)O. The van der Waals surface area contributed by atoms with E-state index in [4.69, 9.17) is 10.2 Å². The number of nitrogens with zero attached hydrogens (tertiary/aromatic N) is 2. The van der Waals surface area contributed by atoms with Crippen LogP contribution in [0.15, 0.2) is 48.8 Å².